The SMILES string of the molecule is CC1(C)CC(=C2C=C[C@@H]3[C@@H]2[C@@H]2C=C[C@@H]3C2=C2CC(C)(C)NC(C)(C)C2)CC(C)(C)N1. The Kier molecular flexibility index (Phi) is 4.31. The first-order valence-electron chi connectivity index (χ1n) is 12.1. The van der Waals surface area contributed by atoms with Crippen LogP contribution in [-0.2, 0) is 0 Å². The van der Waals surface area contributed by atoms with Crippen LogP contribution < -0.4 is 10.6 Å². The molecule has 4 atom stereocenters. The van der Waals surface area contributed by atoms with Crippen molar-refractivity contribution in [3.8, 4) is 0 Å². The first-order chi connectivity index (χ1) is 13.8. The van der Waals surface area contributed by atoms with E-state index in [1.165, 1.54) is 25.7 Å². The number of hydrogen-bond acceptors (Lipinski definition) is 2. The molecule has 2 saturated heterocycles. The van der Waals surface area contributed by atoms with Crippen molar-refractivity contribution in [2.24, 2.45) is 23.7 Å². The molecule has 0 spiro atoms. The molecule has 0 amide bonds. The summed E-state index contributed by atoms with van der Waals surface area (Å²) in [6.45, 7) is 19.0. The lowest BCUT2D eigenvalue weighted by atomic mass is 9.73. The molecule has 2 N–H and O–H groups in total. The Bertz CT molecular complexity index is 854. The van der Waals surface area contributed by atoms with E-state index >= 15 is 0 Å². The highest BCUT2D eigenvalue weighted by Crippen LogP contribution is 2.61. The summed E-state index contributed by atoms with van der Waals surface area (Å²) in [4.78, 5) is 0. The van der Waals surface area contributed by atoms with Crippen LogP contribution in [0.5, 0.6) is 0 Å². The zero-order chi connectivity index (χ0) is 21.7. The molecule has 30 heavy (non-hydrogen) atoms. The molecule has 5 rings (SSSR count). The standard InChI is InChI=1S/C28H42N2/c1-25(2)13-17(14-26(3,4)29-25)19-9-10-21-20-11-12-22(24(19)21)23(20)18-15-27(5,6)30-28(7,8)16-18/h9-12,20-22,24,29-30H,13-16H2,1-8H3/t20-,21-,22+,24+/m0/s1. The minimum absolute atomic E-state index is 0.174. The van der Waals surface area contributed by atoms with Gasteiger partial charge >= 0.3 is 0 Å². The van der Waals surface area contributed by atoms with Crippen molar-refractivity contribution in [3.05, 3.63) is 46.6 Å². The molecule has 2 nitrogen and oxygen atoms in total. The van der Waals surface area contributed by atoms with Gasteiger partial charge in [0.25, 0.3) is 0 Å². The largest absolute Gasteiger partial charge is 0.306 e. The summed E-state index contributed by atoms with van der Waals surface area (Å²) in [6.07, 6.45) is 14.9. The molecule has 0 aromatic carbocycles. The maximum Gasteiger partial charge on any atom is 0.0167 e. The van der Waals surface area contributed by atoms with Gasteiger partial charge in [-0.15, -0.1) is 0 Å². The molecular formula is C28H42N2. The van der Waals surface area contributed by atoms with Crippen LogP contribution in [0.3, 0.4) is 0 Å². The Morgan fingerprint density at radius 1 is 0.633 bits per heavy atom. The van der Waals surface area contributed by atoms with Gasteiger partial charge in [0.05, 0.1) is 0 Å². The third kappa shape index (κ3) is 3.39. The molecule has 0 unspecified atom stereocenters. The molecule has 2 aliphatic heterocycles. The maximum absolute atomic E-state index is 3.88. The van der Waals surface area contributed by atoms with Gasteiger partial charge < -0.3 is 10.6 Å². The molecule has 1 saturated carbocycles. The fraction of sp³-hybridized carbons (Fsp3) is 0.714. The third-order valence-corrected chi connectivity index (χ3v) is 8.11. The van der Waals surface area contributed by atoms with Gasteiger partial charge in [0.2, 0.25) is 0 Å². The van der Waals surface area contributed by atoms with E-state index in [2.05, 4.69) is 90.3 Å². The number of fused-ring (bicyclic) bond motifs is 5. The van der Waals surface area contributed by atoms with Gasteiger partial charge in [0.1, 0.15) is 0 Å². The molecule has 0 aromatic rings. The van der Waals surface area contributed by atoms with Crippen LogP contribution in [0.4, 0.5) is 0 Å². The van der Waals surface area contributed by atoms with Crippen LogP contribution in [0.2, 0.25) is 0 Å². The van der Waals surface area contributed by atoms with Crippen LogP contribution in [0.15, 0.2) is 46.6 Å². The van der Waals surface area contributed by atoms with Gasteiger partial charge in [-0.05, 0) is 92.6 Å². The molecule has 2 bridgehead atoms. The van der Waals surface area contributed by atoms with E-state index < -0.39 is 0 Å². The summed E-state index contributed by atoms with van der Waals surface area (Å²) in [6, 6.07) is 0. The predicted molar refractivity (Wildman–Crippen MR) is 127 cm³/mol. The van der Waals surface area contributed by atoms with Crippen LogP contribution in [0.1, 0.15) is 81.1 Å². The van der Waals surface area contributed by atoms with Crippen molar-refractivity contribution < 1.29 is 0 Å². The zero-order valence-electron chi connectivity index (χ0n) is 20.4. The molecule has 2 heterocycles. The number of nitrogens with one attached hydrogen (secondary N) is 2. The predicted octanol–water partition coefficient (Wildman–Crippen LogP) is 6.08. The van der Waals surface area contributed by atoms with Crippen molar-refractivity contribution in [3.63, 3.8) is 0 Å². The van der Waals surface area contributed by atoms with Gasteiger partial charge in [-0.25, -0.2) is 0 Å². The number of piperidine rings is 2. The highest BCUT2D eigenvalue weighted by Gasteiger charge is 2.53. The van der Waals surface area contributed by atoms with Gasteiger partial charge in [-0.3, -0.25) is 0 Å². The highest BCUT2D eigenvalue weighted by atomic mass is 15.1. The number of rotatable bonds is 0. The molecule has 2 heteroatoms. The first kappa shape index (κ1) is 20.8. The van der Waals surface area contributed by atoms with Crippen molar-refractivity contribution in [1.29, 1.82) is 0 Å². The molecule has 0 radical (unpaired) electrons. The maximum atomic E-state index is 3.88. The van der Waals surface area contributed by atoms with Crippen molar-refractivity contribution in [2.45, 2.75) is 103 Å². The van der Waals surface area contributed by atoms with Gasteiger partial charge in [0.15, 0.2) is 0 Å². The van der Waals surface area contributed by atoms with E-state index in [9.17, 15) is 0 Å². The topological polar surface area (TPSA) is 24.1 Å². The van der Waals surface area contributed by atoms with Gasteiger partial charge in [-0.2, -0.15) is 0 Å². The molecule has 0 aromatic heterocycles. The lowest BCUT2D eigenvalue weighted by molar-refractivity contribution is 0.219. The van der Waals surface area contributed by atoms with Crippen molar-refractivity contribution >= 4 is 0 Å². The molecule has 5 aliphatic rings. The summed E-state index contributed by atoms with van der Waals surface area (Å²) in [5, 5.41) is 7.75. The van der Waals surface area contributed by atoms with E-state index in [1.54, 1.807) is 22.3 Å². The Hall–Kier alpha value is -1.12. The van der Waals surface area contributed by atoms with E-state index in [4.69, 9.17) is 0 Å². The minimum Gasteiger partial charge on any atom is -0.306 e. The smallest absolute Gasteiger partial charge is 0.0167 e. The molecule has 3 fully saturated rings. The molecule has 164 valence electrons. The van der Waals surface area contributed by atoms with Crippen molar-refractivity contribution in [1.82, 2.24) is 10.6 Å². The summed E-state index contributed by atoms with van der Waals surface area (Å²) in [5.74, 6) is 2.63. The second kappa shape index (κ2) is 6.23. The lowest BCUT2D eigenvalue weighted by Gasteiger charge is -2.45. The Morgan fingerprint density at radius 3 is 1.63 bits per heavy atom. The normalized spacial score (nSPS) is 39.7. The van der Waals surface area contributed by atoms with Crippen LogP contribution in [-0.4, -0.2) is 22.2 Å². The fourth-order valence-corrected chi connectivity index (χ4v) is 8.25. The molecular weight excluding hydrogens is 364 g/mol. The van der Waals surface area contributed by atoms with Crippen molar-refractivity contribution in [2.75, 3.05) is 0 Å². The fourth-order valence-electron chi connectivity index (χ4n) is 8.25. The van der Waals surface area contributed by atoms with E-state index in [0.717, 1.165) is 0 Å². The first-order valence-corrected chi connectivity index (χ1v) is 12.1. The lowest BCUT2D eigenvalue weighted by Crippen LogP contribution is -2.56. The second-order valence-electron chi connectivity index (χ2n) is 13.5. The Balaban J connectivity index is 1.54. The summed E-state index contributed by atoms with van der Waals surface area (Å²) in [7, 11) is 0. The Morgan fingerprint density at radius 2 is 1.10 bits per heavy atom. The average Bonchev–Trinajstić information content (AvgIpc) is 3.19. The zero-order valence-corrected chi connectivity index (χ0v) is 20.4. The van der Waals surface area contributed by atoms with E-state index in [-0.39, 0.29) is 22.2 Å². The summed E-state index contributed by atoms with van der Waals surface area (Å²) < 4.78 is 0. The Labute approximate surface area is 184 Å². The van der Waals surface area contributed by atoms with E-state index in [1.807, 2.05) is 0 Å². The third-order valence-electron chi connectivity index (χ3n) is 8.11. The van der Waals surface area contributed by atoms with Crippen LogP contribution in [0, 0.1) is 23.7 Å². The summed E-state index contributed by atoms with van der Waals surface area (Å²) >= 11 is 0. The van der Waals surface area contributed by atoms with Gasteiger partial charge in [0, 0.05) is 39.9 Å². The van der Waals surface area contributed by atoms with Gasteiger partial charge in [-0.1, -0.05) is 41.0 Å². The quantitative estimate of drug-likeness (QED) is 0.476. The highest BCUT2D eigenvalue weighted by molar-refractivity contribution is 5.51. The summed E-state index contributed by atoms with van der Waals surface area (Å²) in [5.41, 5.74) is 7.66. The molecule has 3 aliphatic carbocycles. The monoisotopic (exact) mass is 406 g/mol. The second-order valence-corrected chi connectivity index (χ2v) is 13.5. The van der Waals surface area contributed by atoms with Crippen LogP contribution in [0.25, 0.3) is 0 Å². The number of allylic oxidation sites excluding steroid dienone is 6. The number of hydrogen-bond donors (Lipinski definition) is 2. The van der Waals surface area contributed by atoms with Crippen LogP contribution >= 0.6 is 0 Å². The minimum atomic E-state index is 0.174. The average molecular weight is 407 g/mol. The van der Waals surface area contributed by atoms with E-state index in [0.29, 0.717) is 23.7 Å².